The molecule has 4 rings (SSSR count). The number of hydrogen-bond acceptors (Lipinski definition) is 5. The smallest absolute Gasteiger partial charge is 0.390 e. The molecule has 2 heterocycles. The fraction of sp³-hybridized carbons (Fsp3) is 0.300. The van der Waals surface area contributed by atoms with E-state index >= 15 is 0 Å². The maximum Gasteiger partial charge on any atom is 0.390 e. The average Bonchev–Trinajstić information content (AvgIpc) is 3.38. The standard InChI is InChI=1S/C20H17F3N6/c21-20(22,23)5-6-29-17-11-27-18(7-14(17)10-28-29)26-9-13-1-2-15(8-16(13)25)19(12-24)3-4-19/h1-2,7-11H,3-6,25H2. The first-order chi connectivity index (χ1) is 13.8. The van der Waals surface area contributed by atoms with Crippen molar-refractivity contribution in [1.29, 1.82) is 5.26 Å². The normalized spacial score (nSPS) is 15.7. The Morgan fingerprint density at radius 2 is 2.07 bits per heavy atom. The molecule has 1 aliphatic carbocycles. The summed E-state index contributed by atoms with van der Waals surface area (Å²) in [6, 6.07) is 9.50. The summed E-state index contributed by atoms with van der Waals surface area (Å²) in [6.45, 7) is -0.260. The minimum Gasteiger partial charge on any atom is -0.398 e. The van der Waals surface area contributed by atoms with E-state index in [1.54, 1.807) is 18.3 Å². The molecular weight excluding hydrogens is 381 g/mol. The van der Waals surface area contributed by atoms with E-state index in [1.807, 2.05) is 12.1 Å². The number of pyridine rings is 1. The molecule has 2 aromatic heterocycles. The lowest BCUT2D eigenvalue weighted by molar-refractivity contribution is -0.137. The Balaban J connectivity index is 1.52. The molecule has 0 radical (unpaired) electrons. The highest BCUT2D eigenvalue weighted by atomic mass is 19.4. The molecule has 0 spiro atoms. The van der Waals surface area contributed by atoms with Crippen LogP contribution >= 0.6 is 0 Å². The number of benzene rings is 1. The molecule has 1 aromatic carbocycles. The highest BCUT2D eigenvalue weighted by Gasteiger charge is 2.44. The van der Waals surface area contributed by atoms with Crippen molar-refractivity contribution in [3.8, 4) is 6.07 Å². The summed E-state index contributed by atoms with van der Waals surface area (Å²) in [7, 11) is 0. The molecule has 29 heavy (non-hydrogen) atoms. The number of nitrogens with zero attached hydrogens (tertiary/aromatic N) is 5. The number of alkyl halides is 3. The largest absolute Gasteiger partial charge is 0.398 e. The Hall–Kier alpha value is -3.41. The summed E-state index contributed by atoms with van der Waals surface area (Å²) in [5.74, 6) is 0.395. The molecule has 148 valence electrons. The van der Waals surface area contributed by atoms with Crippen LogP contribution in [-0.4, -0.2) is 27.2 Å². The lowest BCUT2D eigenvalue weighted by Gasteiger charge is -2.08. The van der Waals surface area contributed by atoms with Crippen LogP contribution in [0.4, 0.5) is 24.7 Å². The molecular formula is C20H17F3N6. The van der Waals surface area contributed by atoms with E-state index in [-0.39, 0.29) is 6.54 Å². The second kappa shape index (κ2) is 6.88. The van der Waals surface area contributed by atoms with Crippen LogP contribution in [0.3, 0.4) is 0 Å². The van der Waals surface area contributed by atoms with E-state index in [2.05, 4.69) is 21.1 Å². The third-order valence-corrected chi connectivity index (χ3v) is 5.06. The number of nitrogen functional groups attached to an aromatic ring is 1. The molecule has 9 heteroatoms. The van der Waals surface area contributed by atoms with E-state index in [0.29, 0.717) is 28.0 Å². The summed E-state index contributed by atoms with van der Waals surface area (Å²) < 4.78 is 38.5. The molecule has 0 saturated heterocycles. The quantitative estimate of drug-likeness (QED) is 0.513. The molecule has 0 amide bonds. The molecule has 0 aliphatic heterocycles. The number of fused-ring (bicyclic) bond motifs is 1. The summed E-state index contributed by atoms with van der Waals surface area (Å²) in [5.41, 5.74) is 8.36. The SMILES string of the molecule is N#CC1(c2ccc(C=Nc3cc4cnn(CCC(F)(F)F)c4cn3)c(N)c2)CC1. The average molecular weight is 398 g/mol. The van der Waals surface area contributed by atoms with Crippen LogP contribution in [0.25, 0.3) is 10.9 Å². The van der Waals surface area contributed by atoms with Gasteiger partial charge in [0.2, 0.25) is 0 Å². The van der Waals surface area contributed by atoms with E-state index in [9.17, 15) is 18.4 Å². The topological polar surface area (TPSA) is 92.9 Å². The number of nitriles is 1. The van der Waals surface area contributed by atoms with Crippen molar-refractivity contribution in [1.82, 2.24) is 14.8 Å². The molecule has 0 bridgehead atoms. The molecule has 3 aromatic rings. The second-order valence-electron chi connectivity index (χ2n) is 7.13. The summed E-state index contributed by atoms with van der Waals surface area (Å²) in [5, 5.41) is 13.9. The van der Waals surface area contributed by atoms with Gasteiger partial charge in [-0.3, -0.25) is 4.68 Å². The van der Waals surface area contributed by atoms with E-state index in [4.69, 9.17) is 5.73 Å². The van der Waals surface area contributed by atoms with Crippen LogP contribution in [0.1, 0.15) is 30.4 Å². The minimum atomic E-state index is -4.24. The number of aliphatic imine (C=N–C) groups is 1. The van der Waals surface area contributed by atoms with E-state index < -0.39 is 18.0 Å². The third kappa shape index (κ3) is 3.92. The molecule has 1 saturated carbocycles. The number of aryl methyl sites for hydroxylation is 1. The molecule has 0 atom stereocenters. The van der Waals surface area contributed by atoms with Gasteiger partial charge in [-0.1, -0.05) is 12.1 Å². The van der Waals surface area contributed by atoms with Crippen LogP contribution in [0.5, 0.6) is 0 Å². The van der Waals surface area contributed by atoms with Crippen LogP contribution < -0.4 is 5.73 Å². The molecule has 1 fully saturated rings. The zero-order valence-corrected chi connectivity index (χ0v) is 15.3. The van der Waals surface area contributed by atoms with Crippen molar-refractivity contribution in [3.05, 3.63) is 47.8 Å². The fourth-order valence-electron chi connectivity index (χ4n) is 3.16. The number of halogens is 3. The van der Waals surface area contributed by atoms with Gasteiger partial charge in [0, 0.05) is 22.9 Å². The van der Waals surface area contributed by atoms with Gasteiger partial charge in [0.25, 0.3) is 0 Å². The van der Waals surface area contributed by atoms with E-state index in [0.717, 1.165) is 18.4 Å². The summed E-state index contributed by atoms with van der Waals surface area (Å²) >= 11 is 0. The van der Waals surface area contributed by atoms with Gasteiger partial charge in [-0.15, -0.1) is 0 Å². The van der Waals surface area contributed by atoms with Crippen molar-refractivity contribution >= 4 is 28.6 Å². The van der Waals surface area contributed by atoms with Crippen LogP contribution in [0, 0.1) is 11.3 Å². The second-order valence-corrected chi connectivity index (χ2v) is 7.13. The Kier molecular flexibility index (Phi) is 4.49. The van der Waals surface area contributed by atoms with Crippen molar-refractivity contribution in [2.75, 3.05) is 5.73 Å². The molecule has 2 N–H and O–H groups in total. The van der Waals surface area contributed by atoms with Gasteiger partial charge < -0.3 is 5.73 Å². The Labute approximate surface area is 164 Å². The number of anilines is 1. The number of nitrogens with two attached hydrogens (primary N) is 1. The Morgan fingerprint density at radius 1 is 1.28 bits per heavy atom. The highest BCUT2D eigenvalue weighted by molar-refractivity contribution is 5.89. The van der Waals surface area contributed by atoms with Gasteiger partial charge in [-0.05, 0) is 30.5 Å². The van der Waals surface area contributed by atoms with Crippen molar-refractivity contribution in [3.63, 3.8) is 0 Å². The molecule has 6 nitrogen and oxygen atoms in total. The number of aromatic nitrogens is 3. The summed E-state index contributed by atoms with van der Waals surface area (Å²) in [6.07, 6.45) is 1.03. The van der Waals surface area contributed by atoms with Gasteiger partial charge in [-0.2, -0.15) is 23.5 Å². The first-order valence-corrected chi connectivity index (χ1v) is 9.03. The van der Waals surface area contributed by atoms with Gasteiger partial charge in [0.15, 0.2) is 5.82 Å². The maximum atomic E-state index is 12.4. The fourth-order valence-corrected chi connectivity index (χ4v) is 3.16. The van der Waals surface area contributed by atoms with Gasteiger partial charge >= 0.3 is 6.18 Å². The zero-order valence-electron chi connectivity index (χ0n) is 15.3. The van der Waals surface area contributed by atoms with Gasteiger partial charge in [-0.25, -0.2) is 9.98 Å². The maximum absolute atomic E-state index is 12.4. The lowest BCUT2D eigenvalue weighted by Crippen LogP contribution is -2.12. The predicted molar refractivity (Wildman–Crippen MR) is 103 cm³/mol. The van der Waals surface area contributed by atoms with Crippen molar-refractivity contribution in [2.24, 2.45) is 4.99 Å². The number of rotatable bonds is 5. The highest BCUT2D eigenvalue weighted by Crippen LogP contribution is 2.48. The monoisotopic (exact) mass is 398 g/mol. The van der Waals surface area contributed by atoms with Crippen molar-refractivity contribution in [2.45, 2.75) is 37.4 Å². The lowest BCUT2D eigenvalue weighted by atomic mass is 9.96. The predicted octanol–water partition coefficient (Wildman–Crippen LogP) is 4.27. The zero-order chi connectivity index (χ0) is 20.6. The third-order valence-electron chi connectivity index (χ3n) is 5.06. The minimum absolute atomic E-state index is 0.260. The number of hydrogen-bond donors (Lipinski definition) is 1. The summed E-state index contributed by atoms with van der Waals surface area (Å²) in [4.78, 5) is 8.50. The Bertz CT molecular complexity index is 1140. The van der Waals surface area contributed by atoms with Crippen LogP contribution in [0.15, 0.2) is 41.7 Å². The Morgan fingerprint density at radius 3 is 2.72 bits per heavy atom. The first-order valence-electron chi connectivity index (χ1n) is 9.03. The molecule has 1 aliphatic rings. The van der Waals surface area contributed by atoms with Gasteiger partial charge in [0.1, 0.15) is 0 Å². The van der Waals surface area contributed by atoms with Gasteiger partial charge in [0.05, 0.1) is 42.4 Å². The van der Waals surface area contributed by atoms with Crippen molar-refractivity contribution < 1.29 is 13.2 Å². The molecule has 0 unspecified atom stereocenters. The van der Waals surface area contributed by atoms with E-state index in [1.165, 1.54) is 17.1 Å². The van der Waals surface area contributed by atoms with Crippen LogP contribution in [0.2, 0.25) is 0 Å². The first kappa shape index (κ1) is 18.9. The van der Waals surface area contributed by atoms with Crippen LogP contribution in [-0.2, 0) is 12.0 Å².